The first-order chi connectivity index (χ1) is 11.1. The Morgan fingerprint density at radius 3 is 2.48 bits per heavy atom. The second kappa shape index (κ2) is 6.20. The zero-order valence-corrected chi connectivity index (χ0v) is 13.2. The highest BCUT2D eigenvalue weighted by molar-refractivity contribution is 5.95. The van der Waals surface area contributed by atoms with E-state index in [2.05, 4.69) is 15.6 Å². The molecule has 2 aromatic rings. The van der Waals surface area contributed by atoms with E-state index in [1.165, 1.54) is 0 Å². The number of carbonyl (C=O) groups is 2. The Kier molecular flexibility index (Phi) is 4.10. The van der Waals surface area contributed by atoms with Crippen molar-refractivity contribution in [3.63, 3.8) is 0 Å². The first kappa shape index (κ1) is 15.2. The number of hydrogen-bond acceptors (Lipinski definition) is 4. The van der Waals surface area contributed by atoms with Crippen molar-refractivity contribution in [2.24, 2.45) is 0 Å². The van der Waals surface area contributed by atoms with Crippen molar-refractivity contribution in [3.05, 3.63) is 47.3 Å². The second-order valence-corrected chi connectivity index (χ2v) is 5.62. The number of hydrogen-bond donors (Lipinski definition) is 1. The predicted octanol–water partition coefficient (Wildman–Crippen LogP) is 0.959. The Morgan fingerprint density at radius 1 is 1.26 bits per heavy atom. The quantitative estimate of drug-likeness (QED) is 0.911. The molecular formula is C16H19N5O2. The van der Waals surface area contributed by atoms with Crippen LogP contribution in [0, 0.1) is 0 Å². The maximum Gasteiger partial charge on any atom is 0.274 e. The molecule has 0 aliphatic carbocycles. The van der Waals surface area contributed by atoms with Gasteiger partial charge in [0.2, 0.25) is 5.91 Å². The molecule has 0 radical (unpaired) electrons. The summed E-state index contributed by atoms with van der Waals surface area (Å²) >= 11 is 0. The van der Waals surface area contributed by atoms with Crippen molar-refractivity contribution in [2.45, 2.75) is 39.5 Å². The Hall–Kier alpha value is -2.70. The summed E-state index contributed by atoms with van der Waals surface area (Å²) in [6.45, 7) is 5.41. The summed E-state index contributed by atoms with van der Waals surface area (Å²) in [7, 11) is 0. The van der Waals surface area contributed by atoms with E-state index >= 15 is 0 Å². The lowest BCUT2D eigenvalue weighted by atomic mass is 10.1. The van der Waals surface area contributed by atoms with E-state index in [-0.39, 0.29) is 17.5 Å². The number of aryl methyl sites for hydroxylation is 1. The molecule has 23 heavy (non-hydrogen) atoms. The van der Waals surface area contributed by atoms with E-state index in [9.17, 15) is 9.59 Å². The third-order valence-electron chi connectivity index (χ3n) is 3.97. The van der Waals surface area contributed by atoms with Gasteiger partial charge in [-0.1, -0.05) is 29.5 Å². The van der Waals surface area contributed by atoms with Gasteiger partial charge < -0.3 is 10.2 Å². The molecular weight excluding hydrogens is 294 g/mol. The zero-order valence-electron chi connectivity index (χ0n) is 13.2. The molecule has 2 heterocycles. The SMILES string of the molecule is CCn1cc(C(=O)N[C@H](C)C(=O)N2Cc3ccccc3C2)nn1. The van der Waals surface area contributed by atoms with Crippen molar-refractivity contribution in [1.82, 2.24) is 25.2 Å². The zero-order chi connectivity index (χ0) is 16.4. The largest absolute Gasteiger partial charge is 0.339 e. The van der Waals surface area contributed by atoms with Crippen LogP contribution < -0.4 is 5.32 Å². The highest BCUT2D eigenvalue weighted by Crippen LogP contribution is 2.22. The summed E-state index contributed by atoms with van der Waals surface area (Å²) in [5, 5.41) is 10.3. The Morgan fingerprint density at radius 2 is 1.91 bits per heavy atom. The van der Waals surface area contributed by atoms with Gasteiger partial charge in [0.15, 0.2) is 5.69 Å². The third-order valence-corrected chi connectivity index (χ3v) is 3.97. The average molecular weight is 313 g/mol. The van der Waals surface area contributed by atoms with Gasteiger partial charge in [-0.3, -0.25) is 14.3 Å². The minimum absolute atomic E-state index is 0.0996. The van der Waals surface area contributed by atoms with Crippen LogP contribution in [0.4, 0.5) is 0 Å². The van der Waals surface area contributed by atoms with Gasteiger partial charge in [0.25, 0.3) is 5.91 Å². The maximum absolute atomic E-state index is 12.5. The van der Waals surface area contributed by atoms with Crippen LogP contribution in [0.5, 0.6) is 0 Å². The summed E-state index contributed by atoms with van der Waals surface area (Å²) in [6, 6.07) is 7.37. The Bertz CT molecular complexity index is 715. The van der Waals surface area contributed by atoms with Crippen LogP contribution in [-0.2, 0) is 24.4 Å². The van der Waals surface area contributed by atoms with E-state index in [4.69, 9.17) is 0 Å². The molecule has 2 amide bonds. The van der Waals surface area contributed by atoms with Crippen molar-refractivity contribution in [2.75, 3.05) is 0 Å². The molecule has 0 saturated heterocycles. The van der Waals surface area contributed by atoms with Crippen molar-refractivity contribution in [3.8, 4) is 0 Å². The van der Waals surface area contributed by atoms with Crippen LogP contribution >= 0.6 is 0 Å². The summed E-state index contributed by atoms with van der Waals surface area (Å²) in [5.74, 6) is -0.486. The summed E-state index contributed by atoms with van der Waals surface area (Å²) in [4.78, 5) is 26.4. The molecule has 0 saturated carbocycles. The standard InChI is InChI=1S/C16H19N5O2/c1-3-21-10-14(18-19-21)15(22)17-11(2)16(23)20-8-12-6-4-5-7-13(12)9-20/h4-7,10-11H,3,8-9H2,1-2H3,(H,17,22)/t11-/m1/s1. The van der Waals surface area contributed by atoms with Gasteiger partial charge in [0, 0.05) is 19.6 Å². The Labute approximate surface area is 134 Å². The lowest BCUT2D eigenvalue weighted by molar-refractivity contribution is -0.133. The molecule has 7 nitrogen and oxygen atoms in total. The first-order valence-electron chi connectivity index (χ1n) is 7.65. The average Bonchev–Trinajstić information content (AvgIpc) is 3.20. The van der Waals surface area contributed by atoms with E-state index in [1.54, 1.807) is 22.7 Å². The van der Waals surface area contributed by atoms with E-state index in [0.29, 0.717) is 19.6 Å². The highest BCUT2D eigenvalue weighted by Gasteiger charge is 2.28. The molecule has 1 aliphatic rings. The van der Waals surface area contributed by atoms with E-state index in [0.717, 1.165) is 11.1 Å². The number of amides is 2. The van der Waals surface area contributed by atoms with Crippen LogP contribution in [0.25, 0.3) is 0 Å². The predicted molar refractivity (Wildman–Crippen MR) is 83.3 cm³/mol. The molecule has 1 aromatic carbocycles. The lowest BCUT2D eigenvalue weighted by Crippen LogP contribution is -2.45. The van der Waals surface area contributed by atoms with Crippen LogP contribution in [0.3, 0.4) is 0 Å². The monoisotopic (exact) mass is 313 g/mol. The number of aromatic nitrogens is 3. The lowest BCUT2D eigenvalue weighted by Gasteiger charge is -2.20. The van der Waals surface area contributed by atoms with Gasteiger partial charge in [-0.15, -0.1) is 5.10 Å². The van der Waals surface area contributed by atoms with Crippen molar-refractivity contribution < 1.29 is 9.59 Å². The number of nitrogens with zero attached hydrogens (tertiary/aromatic N) is 4. The number of carbonyl (C=O) groups excluding carboxylic acids is 2. The van der Waals surface area contributed by atoms with Crippen LogP contribution in [0.1, 0.15) is 35.5 Å². The summed E-state index contributed by atoms with van der Waals surface area (Å²) in [6.07, 6.45) is 1.57. The summed E-state index contributed by atoms with van der Waals surface area (Å²) in [5.41, 5.74) is 2.53. The van der Waals surface area contributed by atoms with Crippen molar-refractivity contribution in [1.29, 1.82) is 0 Å². The molecule has 0 spiro atoms. The number of rotatable bonds is 4. The number of fused-ring (bicyclic) bond motifs is 1. The molecule has 1 aromatic heterocycles. The first-order valence-corrected chi connectivity index (χ1v) is 7.65. The van der Waals surface area contributed by atoms with E-state index in [1.807, 2.05) is 31.2 Å². The van der Waals surface area contributed by atoms with Gasteiger partial charge in [0.1, 0.15) is 6.04 Å². The molecule has 120 valence electrons. The van der Waals surface area contributed by atoms with Crippen LogP contribution in [-0.4, -0.2) is 37.7 Å². The molecule has 0 fully saturated rings. The maximum atomic E-state index is 12.5. The minimum atomic E-state index is -0.608. The van der Waals surface area contributed by atoms with Gasteiger partial charge in [-0.05, 0) is 25.0 Å². The highest BCUT2D eigenvalue weighted by atomic mass is 16.2. The summed E-state index contributed by atoms with van der Waals surface area (Å²) < 4.78 is 1.57. The number of nitrogens with one attached hydrogen (secondary N) is 1. The van der Waals surface area contributed by atoms with Gasteiger partial charge in [0.05, 0.1) is 6.20 Å². The number of benzene rings is 1. The van der Waals surface area contributed by atoms with E-state index < -0.39 is 6.04 Å². The molecule has 7 heteroatoms. The molecule has 3 rings (SSSR count). The van der Waals surface area contributed by atoms with Crippen LogP contribution in [0.2, 0.25) is 0 Å². The Balaban J connectivity index is 1.61. The van der Waals surface area contributed by atoms with Gasteiger partial charge in [-0.2, -0.15) is 0 Å². The molecule has 0 bridgehead atoms. The fourth-order valence-corrected chi connectivity index (χ4v) is 2.65. The topological polar surface area (TPSA) is 80.1 Å². The smallest absolute Gasteiger partial charge is 0.274 e. The third kappa shape index (κ3) is 3.08. The normalized spacial score (nSPS) is 14.4. The minimum Gasteiger partial charge on any atom is -0.339 e. The molecule has 0 unspecified atom stereocenters. The molecule has 1 atom stereocenters. The van der Waals surface area contributed by atoms with Gasteiger partial charge >= 0.3 is 0 Å². The molecule has 1 N–H and O–H groups in total. The van der Waals surface area contributed by atoms with Crippen molar-refractivity contribution >= 4 is 11.8 Å². The van der Waals surface area contributed by atoms with Gasteiger partial charge in [-0.25, -0.2) is 0 Å². The molecule has 1 aliphatic heterocycles. The fourth-order valence-electron chi connectivity index (χ4n) is 2.65. The van der Waals surface area contributed by atoms with Crippen LogP contribution in [0.15, 0.2) is 30.5 Å². The second-order valence-electron chi connectivity index (χ2n) is 5.62. The fraction of sp³-hybridized carbons (Fsp3) is 0.375.